The van der Waals surface area contributed by atoms with Gasteiger partial charge < -0.3 is 14.7 Å². The van der Waals surface area contributed by atoms with E-state index in [0.29, 0.717) is 11.7 Å². The Morgan fingerprint density at radius 1 is 1.26 bits per heavy atom. The van der Waals surface area contributed by atoms with Gasteiger partial charge in [0.15, 0.2) is 0 Å². The van der Waals surface area contributed by atoms with Gasteiger partial charge in [-0.25, -0.2) is 0 Å². The number of nitrogens with zero attached hydrogens (tertiary/aromatic N) is 2. The summed E-state index contributed by atoms with van der Waals surface area (Å²) in [6.07, 6.45) is 9.48. The SMILES string of the molecule is C=CCN1CCC2(c3cccc(O)c3)CC(N(C)C(=O)/C=C/c3cccc(OC)c3)CCC2C1. The number of benzene rings is 2. The van der Waals surface area contributed by atoms with Gasteiger partial charge in [0.05, 0.1) is 7.11 Å². The third kappa shape index (κ3) is 5.05. The summed E-state index contributed by atoms with van der Waals surface area (Å²) in [5, 5.41) is 10.2. The molecule has 1 saturated heterocycles. The largest absolute Gasteiger partial charge is 0.508 e. The van der Waals surface area contributed by atoms with Crippen LogP contribution in [0.25, 0.3) is 6.08 Å². The second-order valence-electron chi connectivity index (χ2n) is 9.70. The van der Waals surface area contributed by atoms with E-state index in [4.69, 9.17) is 4.74 Å². The number of amides is 1. The highest BCUT2D eigenvalue weighted by Gasteiger charge is 2.49. The van der Waals surface area contributed by atoms with Crippen LogP contribution in [0.5, 0.6) is 11.5 Å². The smallest absolute Gasteiger partial charge is 0.246 e. The van der Waals surface area contributed by atoms with Crippen molar-refractivity contribution in [1.82, 2.24) is 9.80 Å². The number of ether oxygens (including phenoxy) is 1. The molecule has 180 valence electrons. The van der Waals surface area contributed by atoms with Crippen molar-refractivity contribution in [3.05, 3.63) is 78.4 Å². The number of rotatable bonds is 7. The Morgan fingerprint density at radius 2 is 2.09 bits per heavy atom. The molecule has 34 heavy (non-hydrogen) atoms. The third-order valence-electron chi connectivity index (χ3n) is 7.80. The number of hydrogen-bond acceptors (Lipinski definition) is 4. The van der Waals surface area contributed by atoms with Crippen molar-refractivity contribution in [3.8, 4) is 11.5 Å². The van der Waals surface area contributed by atoms with E-state index in [1.807, 2.05) is 60.5 Å². The fourth-order valence-corrected chi connectivity index (χ4v) is 5.89. The molecule has 2 aliphatic rings. The molecule has 4 rings (SSSR count). The van der Waals surface area contributed by atoms with Crippen molar-refractivity contribution in [3.63, 3.8) is 0 Å². The van der Waals surface area contributed by atoms with E-state index in [2.05, 4.69) is 17.5 Å². The van der Waals surface area contributed by atoms with Crippen LogP contribution in [0.1, 0.15) is 36.8 Å². The highest BCUT2D eigenvalue weighted by atomic mass is 16.5. The first-order chi connectivity index (χ1) is 16.4. The van der Waals surface area contributed by atoms with Crippen molar-refractivity contribution in [2.75, 3.05) is 33.8 Å². The Morgan fingerprint density at radius 3 is 2.85 bits per heavy atom. The predicted octanol–water partition coefficient (Wildman–Crippen LogP) is 4.87. The lowest BCUT2D eigenvalue weighted by molar-refractivity contribution is -0.128. The number of piperidine rings is 1. The molecule has 1 saturated carbocycles. The Hall–Kier alpha value is -3.05. The quantitative estimate of drug-likeness (QED) is 0.473. The maximum Gasteiger partial charge on any atom is 0.246 e. The molecule has 1 amide bonds. The van der Waals surface area contributed by atoms with Crippen LogP contribution in [-0.4, -0.2) is 60.6 Å². The van der Waals surface area contributed by atoms with Crippen molar-refractivity contribution in [2.45, 2.75) is 37.1 Å². The second-order valence-corrected chi connectivity index (χ2v) is 9.70. The van der Waals surface area contributed by atoms with E-state index in [1.165, 1.54) is 5.56 Å². The van der Waals surface area contributed by atoms with Gasteiger partial charge in [-0.3, -0.25) is 9.69 Å². The summed E-state index contributed by atoms with van der Waals surface area (Å²) in [5.41, 5.74) is 2.11. The molecule has 0 spiro atoms. The third-order valence-corrected chi connectivity index (χ3v) is 7.80. The number of aromatic hydroxyl groups is 1. The van der Waals surface area contributed by atoms with Crippen LogP contribution in [0.2, 0.25) is 0 Å². The van der Waals surface area contributed by atoms with E-state index in [-0.39, 0.29) is 17.4 Å². The molecule has 3 atom stereocenters. The average molecular weight is 461 g/mol. The predicted molar refractivity (Wildman–Crippen MR) is 137 cm³/mol. The highest BCUT2D eigenvalue weighted by molar-refractivity contribution is 5.91. The number of phenolic OH excluding ortho intramolecular Hbond substituents is 1. The summed E-state index contributed by atoms with van der Waals surface area (Å²) in [6, 6.07) is 15.6. The normalized spacial score (nSPS) is 25.0. The van der Waals surface area contributed by atoms with Gasteiger partial charge in [-0.05, 0) is 79.6 Å². The zero-order valence-electron chi connectivity index (χ0n) is 20.3. The number of hydrogen-bond donors (Lipinski definition) is 1. The molecule has 2 aromatic carbocycles. The lowest BCUT2D eigenvalue weighted by atomic mass is 9.57. The van der Waals surface area contributed by atoms with Crippen molar-refractivity contribution >= 4 is 12.0 Å². The maximum absolute atomic E-state index is 13.1. The summed E-state index contributed by atoms with van der Waals surface area (Å²) >= 11 is 0. The molecule has 5 heteroatoms. The maximum atomic E-state index is 13.1. The molecular weight excluding hydrogens is 424 g/mol. The molecular formula is C29H36N2O3. The lowest BCUT2D eigenvalue weighted by Crippen LogP contribution is -2.56. The molecule has 0 aromatic heterocycles. The van der Waals surface area contributed by atoms with Crippen LogP contribution in [0.3, 0.4) is 0 Å². The van der Waals surface area contributed by atoms with E-state index in [1.54, 1.807) is 19.3 Å². The Kier molecular flexibility index (Phi) is 7.42. The molecule has 2 aromatic rings. The molecule has 1 heterocycles. The van der Waals surface area contributed by atoms with Gasteiger partial charge in [-0.15, -0.1) is 6.58 Å². The zero-order chi connectivity index (χ0) is 24.1. The van der Waals surface area contributed by atoms with Crippen LogP contribution in [0, 0.1) is 5.92 Å². The molecule has 1 aliphatic heterocycles. The summed E-state index contributed by atoms with van der Waals surface area (Å²) in [6.45, 7) is 6.85. The molecule has 0 bridgehead atoms. The topological polar surface area (TPSA) is 53.0 Å². The van der Waals surface area contributed by atoms with E-state index in [9.17, 15) is 9.90 Å². The number of likely N-dealkylation sites (N-methyl/N-ethyl adjacent to an activating group) is 1. The first-order valence-corrected chi connectivity index (χ1v) is 12.2. The Balaban J connectivity index is 1.54. The van der Waals surface area contributed by atoms with Crippen molar-refractivity contribution in [1.29, 1.82) is 0 Å². The number of carbonyl (C=O) groups excluding carboxylic acids is 1. The summed E-state index contributed by atoms with van der Waals surface area (Å²) in [7, 11) is 3.56. The molecule has 5 nitrogen and oxygen atoms in total. The lowest BCUT2D eigenvalue weighted by Gasteiger charge is -2.54. The molecule has 0 radical (unpaired) electrons. The number of fused-ring (bicyclic) bond motifs is 1. The van der Waals surface area contributed by atoms with Gasteiger partial charge in [0.25, 0.3) is 0 Å². The Labute approximate surface area is 203 Å². The van der Waals surface area contributed by atoms with Gasteiger partial charge in [0.1, 0.15) is 11.5 Å². The minimum atomic E-state index is -0.0373. The minimum Gasteiger partial charge on any atom is -0.508 e. The summed E-state index contributed by atoms with van der Waals surface area (Å²) in [4.78, 5) is 17.5. The second kappa shape index (κ2) is 10.5. The first kappa shape index (κ1) is 24.1. The monoisotopic (exact) mass is 460 g/mol. The summed E-state index contributed by atoms with van der Waals surface area (Å²) < 4.78 is 5.28. The van der Waals surface area contributed by atoms with E-state index >= 15 is 0 Å². The van der Waals surface area contributed by atoms with E-state index in [0.717, 1.165) is 56.6 Å². The van der Waals surface area contributed by atoms with Gasteiger partial charge in [0, 0.05) is 37.7 Å². The molecule has 2 fully saturated rings. The Bertz CT molecular complexity index is 1050. The number of phenols is 1. The number of carbonyl (C=O) groups is 1. The first-order valence-electron chi connectivity index (χ1n) is 12.2. The van der Waals surface area contributed by atoms with Crippen molar-refractivity contribution < 1.29 is 14.6 Å². The number of likely N-dealkylation sites (tertiary alicyclic amines) is 1. The van der Waals surface area contributed by atoms with Gasteiger partial charge >= 0.3 is 0 Å². The van der Waals surface area contributed by atoms with Crippen LogP contribution in [-0.2, 0) is 10.2 Å². The number of methoxy groups -OCH3 is 1. The zero-order valence-corrected chi connectivity index (χ0v) is 20.3. The van der Waals surface area contributed by atoms with Crippen LogP contribution < -0.4 is 4.74 Å². The minimum absolute atomic E-state index is 0.0152. The fourth-order valence-electron chi connectivity index (χ4n) is 5.89. The van der Waals surface area contributed by atoms with Crippen LogP contribution in [0.4, 0.5) is 0 Å². The van der Waals surface area contributed by atoms with Crippen LogP contribution >= 0.6 is 0 Å². The van der Waals surface area contributed by atoms with Gasteiger partial charge in [-0.2, -0.15) is 0 Å². The molecule has 3 unspecified atom stereocenters. The molecule has 1 N–H and O–H groups in total. The van der Waals surface area contributed by atoms with E-state index < -0.39 is 0 Å². The standard InChI is InChI=1S/C29H36N2O3/c1-4-16-31-17-15-29(23-8-6-9-26(32)19-23)20-25(13-12-24(29)21-31)30(2)28(33)14-11-22-7-5-10-27(18-22)34-3/h4-11,14,18-19,24-25,32H,1,12-13,15-17,20-21H2,2-3H3/b14-11+. The van der Waals surface area contributed by atoms with Crippen molar-refractivity contribution in [2.24, 2.45) is 5.92 Å². The van der Waals surface area contributed by atoms with Gasteiger partial charge in [0.2, 0.25) is 5.91 Å². The fraction of sp³-hybridized carbons (Fsp3) is 0.414. The van der Waals surface area contributed by atoms with Crippen LogP contribution in [0.15, 0.2) is 67.3 Å². The molecule has 1 aliphatic carbocycles. The van der Waals surface area contributed by atoms with Gasteiger partial charge in [-0.1, -0.05) is 30.3 Å². The summed E-state index contributed by atoms with van der Waals surface area (Å²) in [5.74, 6) is 1.60. The average Bonchev–Trinajstić information content (AvgIpc) is 2.86. The highest BCUT2D eigenvalue weighted by Crippen LogP contribution is 2.50.